The number of ether oxygens (including phenoxy) is 1. The Bertz CT molecular complexity index is 1280. The molecule has 9 heteroatoms. The molecule has 186 valence electrons. The highest BCUT2D eigenvalue weighted by molar-refractivity contribution is 6.01. The lowest BCUT2D eigenvalue weighted by Crippen LogP contribution is -2.58. The molecule has 2 aliphatic heterocycles. The Kier molecular flexibility index (Phi) is 5.94. The Hall–Kier alpha value is -3.88. The number of aromatic nitrogens is 1. The largest absolute Gasteiger partial charge is 0.457 e. The number of pyridine rings is 1. The van der Waals surface area contributed by atoms with Crippen LogP contribution in [0.3, 0.4) is 0 Å². The number of carbonyl (C=O) groups is 2. The number of nitrogens with one attached hydrogen (secondary N) is 2. The minimum atomic E-state index is -4.67. The Morgan fingerprint density at radius 1 is 1.06 bits per heavy atom. The molecule has 3 unspecified atom stereocenters. The summed E-state index contributed by atoms with van der Waals surface area (Å²) in [5.74, 6) is -2.89. The highest BCUT2D eigenvalue weighted by Crippen LogP contribution is 2.44. The van der Waals surface area contributed by atoms with Gasteiger partial charge in [0.15, 0.2) is 0 Å². The normalized spacial score (nSPS) is 21.6. The Morgan fingerprint density at radius 3 is 2.25 bits per heavy atom. The number of hydrogen-bond donors (Lipinski definition) is 2. The average molecular weight is 496 g/mol. The zero-order chi connectivity index (χ0) is 25.6. The first kappa shape index (κ1) is 23.8. The van der Waals surface area contributed by atoms with Gasteiger partial charge in [-0.25, -0.2) is 0 Å². The number of benzene rings is 2. The predicted octanol–water partition coefficient (Wildman–Crippen LogP) is 4.86. The molecule has 6 nitrogen and oxygen atoms in total. The van der Waals surface area contributed by atoms with Crippen LogP contribution in [0.2, 0.25) is 0 Å². The van der Waals surface area contributed by atoms with Crippen LogP contribution < -0.4 is 15.4 Å². The molecule has 2 N–H and O–H groups in total. The summed E-state index contributed by atoms with van der Waals surface area (Å²) in [6, 6.07) is 11.5. The van der Waals surface area contributed by atoms with E-state index in [0.717, 1.165) is 11.1 Å². The van der Waals surface area contributed by atoms with Crippen LogP contribution in [0.4, 0.5) is 13.2 Å². The van der Waals surface area contributed by atoms with Gasteiger partial charge in [0.1, 0.15) is 23.5 Å². The van der Waals surface area contributed by atoms with Gasteiger partial charge in [-0.15, -0.1) is 0 Å². The summed E-state index contributed by atoms with van der Waals surface area (Å²) >= 11 is 0. The average Bonchev–Trinajstić information content (AvgIpc) is 2.83. The first-order chi connectivity index (χ1) is 17.1. The number of piperidine rings is 1. The van der Waals surface area contributed by atoms with Crippen molar-refractivity contribution in [3.8, 4) is 11.5 Å². The molecule has 0 bridgehead atoms. The number of carbonyl (C=O) groups excluding carboxylic acids is 2. The van der Waals surface area contributed by atoms with Gasteiger partial charge in [-0.05, 0) is 55.2 Å². The SMILES string of the molecule is Cc1ccc2c(c1)Oc1cc(C)ccc1C2NC(=O)C1CC(c2cccnc2)C(C(F)(F)F)NC1=O. The summed E-state index contributed by atoms with van der Waals surface area (Å²) in [4.78, 5) is 30.2. The summed E-state index contributed by atoms with van der Waals surface area (Å²) in [7, 11) is 0. The Morgan fingerprint density at radius 2 is 1.69 bits per heavy atom. The van der Waals surface area contributed by atoms with Crippen molar-refractivity contribution in [2.45, 2.75) is 44.4 Å². The molecule has 3 aromatic rings. The van der Waals surface area contributed by atoms with Gasteiger partial charge < -0.3 is 15.4 Å². The first-order valence-corrected chi connectivity index (χ1v) is 11.6. The zero-order valence-electron chi connectivity index (χ0n) is 19.6. The maximum Gasteiger partial charge on any atom is 0.409 e. The summed E-state index contributed by atoms with van der Waals surface area (Å²) in [6.07, 6.45) is -2.17. The molecule has 3 atom stereocenters. The van der Waals surface area contributed by atoms with E-state index < -0.39 is 41.9 Å². The van der Waals surface area contributed by atoms with Gasteiger partial charge in [0.25, 0.3) is 0 Å². The fourth-order valence-electron chi connectivity index (χ4n) is 4.93. The molecule has 36 heavy (non-hydrogen) atoms. The van der Waals surface area contributed by atoms with Crippen LogP contribution in [0.15, 0.2) is 60.9 Å². The zero-order valence-corrected chi connectivity index (χ0v) is 19.6. The van der Waals surface area contributed by atoms with E-state index in [0.29, 0.717) is 28.2 Å². The molecule has 0 aliphatic carbocycles. The van der Waals surface area contributed by atoms with E-state index >= 15 is 0 Å². The van der Waals surface area contributed by atoms with Gasteiger partial charge in [0.05, 0.1) is 6.04 Å². The van der Waals surface area contributed by atoms with Gasteiger partial charge in [-0.1, -0.05) is 30.3 Å². The molecule has 5 rings (SSSR count). The monoisotopic (exact) mass is 495 g/mol. The van der Waals surface area contributed by atoms with E-state index in [1.165, 1.54) is 24.5 Å². The number of alkyl halides is 3. The third-order valence-corrected chi connectivity index (χ3v) is 6.75. The second-order valence-electron chi connectivity index (χ2n) is 9.34. The maximum atomic E-state index is 13.8. The number of amides is 2. The Balaban J connectivity index is 1.47. The number of fused-ring (bicyclic) bond motifs is 2. The summed E-state index contributed by atoms with van der Waals surface area (Å²) in [6.45, 7) is 3.84. The lowest BCUT2D eigenvalue weighted by Gasteiger charge is -2.37. The molecule has 1 saturated heterocycles. The molecule has 0 saturated carbocycles. The Labute approximate surface area is 205 Å². The van der Waals surface area contributed by atoms with E-state index in [9.17, 15) is 22.8 Å². The van der Waals surface area contributed by atoms with Gasteiger partial charge in [0.2, 0.25) is 11.8 Å². The molecule has 1 aromatic heterocycles. The number of aryl methyl sites for hydroxylation is 2. The summed E-state index contributed by atoms with van der Waals surface area (Å²) < 4.78 is 47.5. The van der Waals surface area contributed by atoms with Crippen molar-refractivity contribution in [1.82, 2.24) is 15.6 Å². The van der Waals surface area contributed by atoms with Crippen LogP contribution >= 0.6 is 0 Å². The van der Waals surface area contributed by atoms with Crippen LogP contribution in [0, 0.1) is 19.8 Å². The predicted molar refractivity (Wildman–Crippen MR) is 125 cm³/mol. The summed E-state index contributed by atoms with van der Waals surface area (Å²) in [5.41, 5.74) is 3.67. The van der Waals surface area contributed by atoms with Crippen LogP contribution in [0.25, 0.3) is 0 Å². The van der Waals surface area contributed by atoms with Crippen molar-refractivity contribution in [2.75, 3.05) is 0 Å². The molecular weight excluding hydrogens is 471 g/mol. The van der Waals surface area contributed by atoms with Crippen molar-refractivity contribution in [3.05, 3.63) is 88.7 Å². The van der Waals surface area contributed by atoms with Gasteiger partial charge in [0, 0.05) is 29.4 Å². The van der Waals surface area contributed by atoms with E-state index in [4.69, 9.17) is 4.74 Å². The van der Waals surface area contributed by atoms with Crippen molar-refractivity contribution in [3.63, 3.8) is 0 Å². The first-order valence-electron chi connectivity index (χ1n) is 11.6. The van der Waals surface area contributed by atoms with E-state index in [-0.39, 0.29) is 6.42 Å². The van der Waals surface area contributed by atoms with Crippen molar-refractivity contribution in [1.29, 1.82) is 0 Å². The van der Waals surface area contributed by atoms with Gasteiger partial charge in [-0.3, -0.25) is 14.6 Å². The van der Waals surface area contributed by atoms with Crippen LogP contribution in [-0.4, -0.2) is 29.0 Å². The fourth-order valence-corrected chi connectivity index (χ4v) is 4.93. The lowest BCUT2D eigenvalue weighted by molar-refractivity contribution is -0.175. The van der Waals surface area contributed by atoms with Gasteiger partial charge >= 0.3 is 6.18 Å². The van der Waals surface area contributed by atoms with Crippen molar-refractivity contribution >= 4 is 11.8 Å². The quantitative estimate of drug-likeness (QED) is 0.509. The molecule has 2 aliphatic rings. The van der Waals surface area contributed by atoms with Crippen LogP contribution in [0.5, 0.6) is 11.5 Å². The fraction of sp³-hybridized carbons (Fsp3) is 0.296. The number of hydrogen-bond acceptors (Lipinski definition) is 4. The molecule has 1 fully saturated rings. The number of rotatable bonds is 3. The molecule has 2 amide bonds. The standard InChI is InChI=1S/C27H24F3N3O3/c1-14-5-7-17-21(10-14)36-22-11-15(2)6-8-18(22)23(17)32-25(34)20-12-19(16-4-3-9-31-13-16)24(27(28,29)30)33-26(20)35/h3-11,13,19-20,23-24H,12H2,1-2H3,(H,32,34)(H,33,35). The second-order valence-corrected chi connectivity index (χ2v) is 9.34. The van der Waals surface area contributed by atoms with E-state index in [2.05, 4.69) is 10.3 Å². The second kappa shape index (κ2) is 8.96. The number of halogens is 3. The summed E-state index contributed by atoms with van der Waals surface area (Å²) in [5, 5.41) is 4.97. The lowest BCUT2D eigenvalue weighted by atomic mass is 9.79. The van der Waals surface area contributed by atoms with E-state index in [1.807, 2.05) is 55.6 Å². The van der Waals surface area contributed by atoms with E-state index in [1.54, 1.807) is 0 Å². The third-order valence-electron chi connectivity index (χ3n) is 6.75. The van der Waals surface area contributed by atoms with Gasteiger partial charge in [-0.2, -0.15) is 13.2 Å². The maximum absolute atomic E-state index is 13.8. The topological polar surface area (TPSA) is 80.3 Å². The highest BCUT2D eigenvalue weighted by Gasteiger charge is 2.52. The molecule has 2 aromatic carbocycles. The minimum absolute atomic E-state index is 0.293. The molecular formula is C27H24F3N3O3. The van der Waals surface area contributed by atoms with Crippen LogP contribution in [-0.2, 0) is 9.59 Å². The minimum Gasteiger partial charge on any atom is -0.457 e. The van der Waals surface area contributed by atoms with Crippen molar-refractivity contribution < 1.29 is 27.5 Å². The highest BCUT2D eigenvalue weighted by atomic mass is 19.4. The number of nitrogens with zero attached hydrogens (tertiary/aromatic N) is 1. The smallest absolute Gasteiger partial charge is 0.409 e. The molecule has 0 spiro atoms. The third kappa shape index (κ3) is 4.41. The van der Waals surface area contributed by atoms with Crippen molar-refractivity contribution in [2.24, 2.45) is 5.92 Å². The molecule has 0 radical (unpaired) electrons. The molecule has 3 heterocycles. The van der Waals surface area contributed by atoms with Crippen LogP contribution in [0.1, 0.15) is 46.2 Å².